The quantitative estimate of drug-likeness (QED) is 0.289. The highest BCUT2D eigenvalue weighted by Gasteiger charge is 2.16. The first-order chi connectivity index (χ1) is 15.8. The molecule has 3 N–H and O–H groups in total. The van der Waals surface area contributed by atoms with Crippen molar-refractivity contribution < 1.29 is 19.1 Å². The van der Waals surface area contributed by atoms with Gasteiger partial charge in [0.05, 0.1) is 17.1 Å². The van der Waals surface area contributed by atoms with Gasteiger partial charge in [0.2, 0.25) is 5.78 Å². The Bertz CT molecular complexity index is 1140. The number of hydrogen-bond donors (Lipinski definition) is 2. The van der Waals surface area contributed by atoms with Gasteiger partial charge in [0.15, 0.2) is 0 Å². The number of carbonyl (C=O) groups is 2. The Balaban J connectivity index is 0.00000187. The largest absolute Gasteiger partial charge is 0.490 e. The molecular formula is C24H29ClN4O4. The summed E-state index contributed by atoms with van der Waals surface area (Å²) in [6.07, 6.45) is 1.30. The Kier molecular flexibility index (Phi) is 9.44. The van der Waals surface area contributed by atoms with Gasteiger partial charge in [-0.1, -0.05) is 37.6 Å². The number of ether oxygens (including phenoxy) is 2. The standard InChI is InChI=1S/C22H23ClN4O4.C2H6/c1-27(2)22(29)14-6-4-13(5-7-14)17(24)11-19(28)21-15-10-16(23)20(31-9-8-30-3)12-18(15)25-26-21;1-2/h4-7,10-12H,8-9,24H2,1-3H3,(H,25,26);1-2H3/b17-11-;. The molecule has 0 saturated carbocycles. The summed E-state index contributed by atoms with van der Waals surface area (Å²) in [7, 11) is 4.94. The minimum absolute atomic E-state index is 0.115. The Morgan fingerprint density at radius 1 is 1.12 bits per heavy atom. The maximum atomic E-state index is 12.8. The zero-order valence-corrected chi connectivity index (χ0v) is 20.2. The fraction of sp³-hybridized carbons (Fsp3) is 0.292. The molecule has 0 aliphatic carbocycles. The van der Waals surface area contributed by atoms with Crippen molar-refractivity contribution in [2.75, 3.05) is 34.4 Å². The van der Waals surface area contributed by atoms with Crippen LogP contribution in [0.1, 0.15) is 40.3 Å². The number of halogens is 1. The first-order valence-corrected chi connectivity index (χ1v) is 10.8. The van der Waals surface area contributed by atoms with Crippen LogP contribution in [0.2, 0.25) is 5.02 Å². The van der Waals surface area contributed by atoms with E-state index in [1.54, 1.807) is 57.6 Å². The van der Waals surface area contributed by atoms with Crippen molar-refractivity contribution in [1.29, 1.82) is 0 Å². The first-order valence-electron chi connectivity index (χ1n) is 10.4. The summed E-state index contributed by atoms with van der Waals surface area (Å²) in [5.74, 6) is -0.0202. The molecule has 1 aromatic heterocycles. The van der Waals surface area contributed by atoms with E-state index >= 15 is 0 Å². The lowest BCUT2D eigenvalue weighted by atomic mass is 10.1. The van der Waals surface area contributed by atoms with Crippen LogP contribution in [-0.2, 0) is 4.74 Å². The lowest BCUT2D eigenvalue weighted by Crippen LogP contribution is -2.21. The summed E-state index contributed by atoms with van der Waals surface area (Å²) in [6, 6.07) is 10.0. The molecule has 0 unspecified atom stereocenters. The molecule has 0 aliphatic rings. The number of rotatable bonds is 8. The molecule has 1 heterocycles. The van der Waals surface area contributed by atoms with Crippen LogP contribution in [-0.4, -0.2) is 61.2 Å². The summed E-state index contributed by atoms with van der Waals surface area (Å²) in [6.45, 7) is 4.77. The molecule has 0 fully saturated rings. The smallest absolute Gasteiger partial charge is 0.253 e. The fourth-order valence-electron chi connectivity index (χ4n) is 2.91. The second-order valence-electron chi connectivity index (χ2n) is 6.98. The van der Waals surface area contributed by atoms with Gasteiger partial charge in [-0.2, -0.15) is 5.10 Å². The number of H-pyrrole nitrogens is 1. The minimum atomic E-state index is -0.374. The third-order valence-electron chi connectivity index (χ3n) is 4.55. The number of nitrogens with two attached hydrogens (primary N) is 1. The second kappa shape index (κ2) is 12.0. The van der Waals surface area contributed by atoms with Crippen LogP contribution in [0.15, 0.2) is 42.5 Å². The van der Waals surface area contributed by atoms with Crippen molar-refractivity contribution in [2.24, 2.45) is 5.73 Å². The Hall–Kier alpha value is -3.36. The number of aromatic amines is 1. The maximum Gasteiger partial charge on any atom is 0.253 e. The van der Waals surface area contributed by atoms with Crippen LogP contribution in [0.3, 0.4) is 0 Å². The van der Waals surface area contributed by atoms with Crippen molar-refractivity contribution in [2.45, 2.75) is 13.8 Å². The third-order valence-corrected chi connectivity index (χ3v) is 4.85. The van der Waals surface area contributed by atoms with Crippen molar-refractivity contribution in [3.05, 3.63) is 64.3 Å². The molecule has 2 aromatic carbocycles. The summed E-state index contributed by atoms with van der Waals surface area (Å²) < 4.78 is 10.5. The van der Waals surface area contributed by atoms with E-state index in [1.165, 1.54) is 11.0 Å². The monoisotopic (exact) mass is 472 g/mol. The van der Waals surface area contributed by atoms with E-state index in [2.05, 4.69) is 10.2 Å². The maximum absolute atomic E-state index is 12.8. The van der Waals surface area contributed by atoms with Gasteiger partial charge >= 0.3 is 0 Å². The number of nitrogens with zero attached hydrogens (tertiary/aromatic N) is 2. The molecule has 0 bridgehead atoms. The highest BCUT2D eigenvalue weighted by atomic mass is 35.5. The lowest BCUT2D eigenvalue weighted by Gasteiger charge is -2.10. The van der Waals surface area contributed by atoms with E-state index in [0.717, 1.165) is 0 Å². The molecule has 0 radical (unpaired) electrons. The van der Waals surface area contributed by atoms with Gasteiger partial charge in [-0.15, -0.1) is 0 Å². The van der Waals surface area contributed by atoms with Gasteiger partial charge in [0.1, 0.15) is 18.1 Å². The lowest BCUT2D eigenvalue weighted by molar-refractivity contribution is 0.0827. The highest BCUT2D eigenvalue weighted by molar-refractivity contribution is 6.33. The van der Waals surface area contributed by atoms with Gasteiger partial charge in [0, 0.05) is 50.0 Å². The number of ketones is 1. The molecule has 0 aliphatic heterocycles. The molecule has 3 aromatic rings. The molecule has 0 atom stereocenters. The molecule has 8 nitrogen and oxygen atoms in total. The number of hydrogen-bond acceptors (Lipinski definition) is 6. The molecular weight excluding hydrogens is 444 g/mol. The molecule has 0 spiro atoms. The Morgan fingerprint density at radius 3 is 2.36 bits per heavy atom. The van der Waals surface area contributed by atoms with Crippen LogP contribution >= 0.6 is 11.6 Å². The number of nitrogens with one attached hydrogen (secondary N) is 1. The zero-order valence-electron chi connectivity index (χ0n) is 19.4. The van der Waals surface area contributed by atoms with E-state index in [9.17, 15) is 9.59 Å². The van der Waals surface area contributed by atoms with Crippen LogP contribution < -0.4 is 10.5 Å². The van der Waals surface area contributed by atoms with E-state index in [-0.39, 0.29) is 23.1 Å². The van der Waals surface area contributed by atoms with Crippen LogP contribution in [0.25, 0.3) is 16.6 Å². The number of carbonyl (C=O) groups excluding carboxylic acids is 2. The van der Waals surface area contributed by atoms with Crippen LogP contribution in [0.5, 0.6) is 5.75 Å². The molecule has 33 heavy (non-hydrogen) atoms. The first kappa shape index (κ1) is 25.9. The van der Waals surface area contributed by atoms with Crippen molar-refractivity contribution in [3.8, 4) is 5.75 Å². The normalized spacial score (nSPS) is 11.0. The van der Waals surface area contributed by atoms with Gasteiger partial charge in [-0.3, -0.25) is 14.7 Å². The number of allylic oxidation sites excluding steroid dienone is 1. The molecule has 3 rings (SSSR count). The average molecular weight is 473 g/mol. The highest BCUT2D eigenvalue weighted by Crippen LogP contribution is 2.31. The third kappa shape index (κ3) is 6.34. The summed E-state index contributed by atoms with van der Waals surface area (Å²) in [5, 5.41) is 7.85. The second-order valence-corrected chi connectivity index (χ2v) is 7.39. The van der Waals surface area contributed by atoms with E-state index in [0.29, 0.717) is 46.0 Å². The number of fused-ring (bicyclic) bond motifs is 1. The van der Waals surface area contributed by atoms with Crippen LogP contribution in [0, 0.1) is 0 Å². The summed E-state index contributed by atoms with van der Waals surface area (Å²) in [4.78, 5) is 26.3. The van der Waals surface area contributed by atoms with Crippen molar-refractivity contribution >= 4 is 39.9 Å². The van der Waals surface area contributed by atoms with Gasteiger partial charge in [-0.05, 0) is 23.8 Å². The van der Waals surface area contributed by atoms with Crippen molar-refractivity contribution in [3.63, 3.8) is 0 Å². The van der Waals surface area contributed by atoms with E-state index in [4.69, 9.17) is 26.8 Å². The average Bonchev–Trinajstić information content (AvgIpc) is 3.22. The van der Waals surface area contributed by atoms with Gasteiger partial charge < -0.3 is 20.1 Å². The van der Waals surface area contributed by atoms with Gasteiger partial charge in [-0.25, -0.2) is 0 Å². The van der Waals surface area contributed by atoms with Gasteiger partial charge in [0.25, 0.3) is 5.91 Å². The van der Waals surface area contributed by atoms with Crippen molar-refractivity contribution in [1.82, 2.24) is 15.1 Å². The summed E-state index contributed by atoms with van der Waals surface area (Å²) >= 11 is 6.29. The molecule has 176 valence electrons. The molecule has 1 amide bonds. The summed E-state index contributed by atoms with van der Waals surface area (Å²) in [5.41, 5.74) is 8.32. The number of benzene rings is 2. The molecule has 0 saturated heterocycles. The van der Waals surface area contributed by atoms with E-state index in [1.807, 2.05) is 13.8 Å². The zero-order chi connectivity index (χ0) is 24.5. The number of methoxy groups -OCH3 is 1. The minimum Gasteiger partial charge on any atom is -0.490 e. The number of amides is 1. The topological polar surface area (TPSA) is 111 Å². The number of aromatic nitrogens is 2. The predicted octanol–water partition coefficient (Wildman–Crippen LogP) is 4.15. The Labute approximate surface area is 198 Å². The Morgan fingerprint density at radius 2 is 1.76 bits per heavy atom. The fourth-order valence-corrected chi connectivity index (χ4v) is 3.13. The SMILES string of the molecule is CC.COCCOc1cc2[nH]nc(C(=O)/C=C(\N)c3ccc(C(=O)N(C)C)cc3)c2cc1Cl. The van der Waals surface area contributed by atoms with E-state index < -0.39 is 0 Å². The predicted molar refractivity (Wildman–Crippen MR) is 131 cm³/mol. The molecule has 9 heteroatoms. The van der Waals surface area contributed by atoms with Crippen LogP contribution in [0.4, 0.5) is 0 Å².